The van der Waals surface area contributed by atoms with Crippen LogP contribution in [0.3, 0.4) is 0 Å². The third-order valence-electron chi connectivity index (χ3n) is 7.15. The molecule has 4 aromatic rings. The minimum Gasteiger partial charge on any atom is -0.344 e. The Morgan fingerprint density at radius 3 is 2.74 bits per heavy atom. The summed E-state index contributed by atoms with van der Waals surface area (Å²) in [5.41, 5.74) is 9.01. The molecule has 2 atom stereocenters. The number of nitrogens with zero attached hydrogens (tertiary/aromatic N) is 2. The molecule has 2 aliphatic rings. The highest BCUT2D eigenvalue weighted by Gasteiger charge is 2.25. The number of aromatic nitrogens is 4. The Kier molecular flexibility index (Phi) is 5.89. The van der Waals surface area contributed by atoms with Crippen molar-refractivity contribution in [2.45, 2.75) is 58.0 Å². The van der Waals surface area contributed by atoms with Gasteiger partial charge in [0.05, 0.1) is 28.8 Å². The number of imidazole rings is 2. The molecule has 0 spiro atoms. The molecule has 0 bridgehead atoms. The minimum absolute atomic E-state index is 0.202. The Balaban J connectivity index is 1.23. The number of rotatable bonds is 5. The molecule has 2 aromatic heterocycles. The van der Waals surface area contributed by atoms with Crippen molar-refractivity contribution in [3.05, 3.63) is 70.4 Å². The van der Waals surface area contributed by atoms with E-state index < -0.39 is 0 Å². The van der Waals surface area contributed by atoms with E-state index in [1.54, 1.807) is 0 Å². The Labute approximate surface area is 206 Å². The fourth-order valence-corrected chi connectivity index (χ4v) is 5.20. The predicted molar refractivity (Wildman–Crippen MR) is 140 cm³/mol. The summed E-state index contributed by atoms with van der Waals surface area (Å²) in [6, 6.07) is 13.3. The summed E-state index contributed by atoms with van der Waals surface area (Å²) in [6.07, 6.45) is 5.51. The standard InChI is InChI=1S/C29H32N6/c1-3-14-30-18(2)28-32-23-12-9-20(17-26(23)34-28)7-6-19-8-11-22-21(16-19)10-13-24-27(22)35-29(33-24)25-5-4-15-31-25/h8-9,11-12,16-18,25,30-31H,3-5,10,13-15H2,1-2H3,(H,32,34)(H,33,35)/t18-,25-/m0/s1. The number of hydrogen-bond acceptors (Lipinski definition) is 4. The monoisotopic (exact) mass is 464 g/mol. The first-order valence-corrected chi connectivity index (χ1v) is 12.9. The molecule has 35 heavy (non-hydrogen) atoms. The lowest BCUT2D eigenvalue weighted by molar-refractivity contribution is 0.550. The summed E-state index contributed by atoms with van der Waals surface area (Å²) in [7, 11) is 0. The molecule has 1 saturated heterocycles. The van der Waals surface area contributed by atoms with Gasteiger partial charge in [0.2, 0.25) is 0 Å². The summed E-state index contributed by atoms with van der Waals surface area (Å²) in [6.45, 7) is 6.38. The zero-order chi connectivity index (χ0) is 23.8. The van der Waals surface area contributed by atoms with Crippen LogP contribution in [0.25, 0.3) is 22.3 Å². The van der Waals surface area contributed by atoms with E-state index in [9.17, 15) is 0 Å². The van der Waals surface area contributed by atoms with Crippen LogP contribution in [0.5, 0.6) is 0 Å². The lowest BCUT2D eigenvalue weighted by atomic mass is 9.91. The average Bonchev–Trinajstić information content (AvgIpc) is 3.64. The molecule has 6 heteroatoms. The fraction of sp³-hybridized carbons (Fsp3) is 0.379. The van der Waals surface area contributed by atoms with E-state index in [-0.39, 0.29) is 6.04 Å². The summed E-state index contributed by atoms with van der Waals surface area (Å²) < 4.78 is 0. The molecule has 1 aliphatic carbocycles. The van der Waals surface area contributed by atoms with E-state index in [1.807, 2.05) is 0 Å². The van der Waals surface area contributed by atoms with Crippen LogP contribution in [0.2, 0.25) is 0 Å². The van der Waals surface area contributed by atoms with E-state index in [4.69, 9.17) is 9.97 Å². The first-order valence-electron chi connectivity index (χ1n) is 12.9. The van der Waals surface area contributed by atoms with Crippen molar-refractivity contribution in [2.75, 3.05) is 13.1 Å². The molecular weight excluding hydrogens is 432 g/mol. The maximum Gasteiger partial charge on any atom is 0.124 e. The Morgan fingerprint density at radius 1 is 1.06 bits per heavy atom. The van der Waals surface area contributed by atoms with Crippen molar-refractivity contribution in [2.24, 2.45) is 0 Å². The van der Waals surface area contributed by atoms with Crippen LogP contribution in [0.1, 0.15) is 79.2 Å². The first-order chi connectivity index (χ1) is 17.2. The summed E-state index contributed by atoms with van der Waals surface area (Å²) >= 11 is 0. The van der Waals surface area contributed by atoms with Crippen LogP contribution in [0.15, 0.2) is 36.4 Å². The predicted octanol–water partition coefficient (Wildman–Crippen LogP) is 4.94. The van der Waals surface area contributed by atoms with E-state index in [2.05, 4.69) is 82.7 Å². The van der Waals surface area contributed by atoms with Gasteiger partial charge in [-0.3, -0.25) is 0 Å². The molecule has 1 fully saturated rings. The van der Waals surface area contributed by atoms with E-state index in [0.29, 0.717) is 6.04 Å². The van der Waals surface area contributed by atoms with Crippen molar-refractivity contribution in [1.82, 2.24) is 30.6 Å². The number of H-pyrrole nitrogens is 2. The largest absolute Gasteiger partial charge is 0.344 e. The second-order valence-electron chi connectivity index (χ2n) is 9.75. The maximum absolute atomic E-state index is 4.99. The summed E-state index contributed by atoms with van der Waals surface area (Å²) in [5, 5.41) is 7.04. The Bertz CT molecular complexity index is 1430. The van der Waals surface area contributed by atoms with Gasteiger partial charge in [0.15, 0.2) is 0 Å². The van der Waals surface area contributed by atoms with Gasteiger partial charge in [0.25, 0.3) is 0 Å². The van der Waals surface area contributed by atoms with Crippen LogP contribution in [0, 0.1) is 11.8 Å². The Hall–Kier alpha value is -3.40. The molecule has 6 rings (SSSR count). The number of hydrogen-bond donors (Lipinski definition) is 4. The topological polar surface area (TPSA) is 81.4 Å². The van der Waals surface area contributed by atoms with Crippen molar-refractivity contribution >= 4 is 11.0 Å². The van der Waals surface area contributed by atoms with Gasteiger partial charge in [-0.25, -0.2) is 9.97 Å². The third-order valence-corrected chi connectivity index (χ3v) is 7.15. The second-order valence-corrected chi connectivity index (χ2v) is 9.75. The molecule has 6 nitrogen and oxygen atoms in total. The van der Waals surface area contributed by atoms with Crippen molar-refractivity contribution in [3.8, 4) is 23.1 Å². The van der Waals surface area contributed by atoms with Crippen LogP contribution in [-0.2, 0) is 12.8 Å². The fourth-order valence-electron chi connectivity index (χ4n) is 5.20. The van der Waals surface area contributed by atoms with Gasteiger partial charge in [-0.15, -0.1) is 0 Å². The molecule has 0 unspecified atom stereocenters. The molecule has 3 heterocycles. The maximum atomic E-state index is 4.99. The van der Waals surface area contributed by atoms with Gasteiger partial charge in [-0.1, -0.05) is 24.8 Å². The zero-order valence-corrected chi connectivity index (χ0v) is 20.5. The van der Waals surface area contributed by atoms with E-state index in [0.717, 1.165) is 78.3 Å². The van der Waals surface area contributed by atoms with Crippen LogP contribution < -0.4 is 10.6 Å². The zero-order valence-electron chi connectivity index (χ0n) is 20.5. The average molecular weight is 465 g/mol. The van der Waals surface area contributed by atoms with Gasteiger partial charge in [-0.05, 0) is 88.0 Å². The highest BCUT2D eigenvalue weighted by molar-refractivity contribution is 5.77. The van der Waals surface area contributed by atoms with E-state index >= 15 is 0 Å². The van der Waals surface area contributed by atoms with Crippen LogP contribution >= 0.6 is 0 Å². The highest BCUT2D eigenvalue weighted by Crippen LogP contribution is 2.34. The quantitative estimate of drug-likeness (QED) is 0.316. The molecule has 2 aromatic carbocycles. The molecule has 178 valence electrons. The molecular formula is C29H32N6. The number of aromatic amines is 2. The molecule has 4 N–H and O–H groups in total. The smallest absolute Gasteiger partial charge is 0.124 e. The van der Waals surface area contributed by atoms with Gasteiger partial charge < -0.3 is 20.6 Å². The number of fused-ring (bicyclic) bond motifs is 4. The molecule has 0 saturated carbocycles. The Morgan fingerprint density at radius 2 is 1.91 bits per heavy atom. The molecule has 1 aliphatic heterocycles. The van der Waals surface area contributed by atoms with Gasteiger partial charge in [0, 0.05) is 22.4 Å². The van der Waals surface area contributed by atoms with Gasteiger partial charge in [0.1, 0.15) is 11.6 Å². The lowest BCUT2D eigenvalue weighted by Gasteiger charge is -2.15. The van der Waals surface area contributed by atoms with Gasteiger partial charge in [-0.2, -0.15) is 0 Å². The lowest BCUT2D eigenvalue weighted by Crippen LogP contribution is -2.20. The summed E-state index contributed by atoms with van der Waals surface area (Å²) in [4.78, 5) is 16.8. The van der Waals surface area contributed by atoms with Crippen molar-refractivity contribution in [1.29, 1.82) is 0 Å². The van der Waals surface area contributed by atoms with Crippen LogP contribution in [0.4, 0.5) is 0 Å². The normalized spacial score (nSPS) is 17.6. The van der Waals surface area contributed by atoms with Crippen LogP contribution in [-0.4, -0.2) is 33.0 Å². The number of aryl methyl sites for hydroxylation is 2. The molecule has 0 amide bonds. The highest BCUT2D eigenvalue weighted by atomic mass is 15.0. The van der Waals surface area contributed by atoms with Crippen molar-refractivity contribution < 1.29 is 0 Å². The van der Waals surface area contributed by atoms with Crippen molar-refractivity contribution in [3.63, 3.8) is 0 Å². The third kappa shape index (κ3) is 4.38. The van der Waals surface area contributed by atoms with E-state index in [1.165, 1.54) is 23.2 Å². The number of nitrogens with one attached hydrogen (secondary N) is 4. The summed E-state index contributed by atoms with van der Waals surface area (Å²) in [5.74, 6) is 8.79. The van der Waals surface area contributed by atoms with Gasteiger partial charge >= 0.3 is 0 Å². The second kappa shape index (κ2) is 9.33. The number of benzene rings is 2. The molecule has 0 radical (unpaired) electrons. The SMILES string of the molecule is CCCN[C@@H](C)c1nc2ccc(C#Cc3ccc4c(c3)CCc3[nH]c([C@@H]5CCCN5)nc3-4)cc2[nH]1. The first kappa shape index (κ1) is 22.1. The minimum atomic E-state index is 0.202.